The molecule has 2 atom stereocenters. The summed E-state index contributed by atoms with van der Waals surface area (Å²) < 4.78 is 78.9. The third-order valence-electron chi connectivity index (χ3n) is 3.95. The van der Waals surface area contributed by atoms with E-state index in [-0.39, 0.29) is 23.3 Å². The molecule has 1 aliphatic carbocycles. The highest BCUT2D eigenvalue weighted by Crippen LogP contribution is 2.38. The number of hydrogen-bond acceptors (Lipinski definition) is 2. The van der Waals surface area contributed by atoms with Crippen molar-refractivity contribution in [2.75, 3.05) is 0 Å². The molecule has 1 aromatic carbocycles. The van der Waals surface area contributed by atoms with Crippen LogP contribution in [0.1, 0.15) is 31.2 Å². The Labute approximate surface area is 126 Å². The lowest BCUT2D eigenvalue weighted by molar-refractivity contribution is -0.187. The molecule has 124 valence electrons. The van der Waals surface area contributed by atoms with E-state index in [2.05, 4.69) is 4.72 Å². The minimum atomic E-state index is -4.45. The summed E-state index contributed by atoms with van der Waals surface area (Å²) in [6.45, 7) is 1.47. The standard InChI is InChI=1S/C14H17F4NO2S/c1-9-6-7-10(8-12(9)15)22(20,21)19-13-5-3-2-4-11(13)14(16,17)18/h6-8,11,13,19H,2-5H2,1H3/t11-,13+/m0/s1. The summed E-state index contributed by atoms with van der Waals surface area (Å²) in [6.07, 6.45) is -3.48. The van der Waals surface area contributed by atoms with Gasteiger partial charge in [0.25, 0.3) is 0 Å². The van der Waals surface area contributed by atoms with Gasteiger partial charge in [0.15, 0.2) is 0 Å². The SMILES string of the molecule is Cc1ccc(S(=O)(=O)N[C@@H]2CCCC[C@@H]2C(F)(F)F)cc1F. The van der Waals surface area contributed by atoms with E-state index in [1.54, 1.807) is 0 Å². The minimum absolute atomic E-state index is 0.0983. The highest BCUT2D eigenvalue weighted by atomic mass is 32.2. The molecule has 1 saturated carbocycles. The average molecular weight is 339 g/mol. The fourth-order valence-corrected chi connectivity index (χ4v) is 3.99. The number of aryl methyl sites for hydroxylation is 1. The van der Waals surface area contributed by atoms with Crippen molar-refractivity contribution >= 4 is 10.0 Å². The van der Waals surface area contributed by atoms with E-state index < -0.39 is 34.0 Å². The van der Waals surface area contributed by atoms with Crippen LogP contribution >= 0.6 is 0 Å². The Hall–Kier alpha value is -1.15. The van der Waals surface area contributed by atoms with E-state index in [9.17, 15) is 26.0 Å². The summed E-state index contributed by atoms with van der Waals surface area (Å²) >= 11 is 0. The first-order valence-electron chi connectivity index (χ1n) is 6.96. The highest BCUT2D eigenvalue weighted by molar-refractivity contribution is 7.89. The zero-order valence-corrected chi connectivity index (χ0v) is 12.8. The maximum atomic E-state index is 13.5. The number of rotatable bonds is 3. The topological polar surface area (TPSA) is 46.2 Å². The number of alkyl halides is 3. The van der Waals surface area contributed by atoms with Gasteiger partial charge < -0.3 is 0 Å². The lowest BCUT2D eigenvalue weighted by Gasteiger charge is -2.33. The van der Waals surface area contributed by atoms with Crippen LogP contribution < -0.4 is 4.72 Å². The molecular formula is C14H17F4NO2S. The normalized spacial score (nSPS) is 23.5. The van der Waals surface area contributed by atoms with Gasteiger partial charge in [-0.15, -0.1) is 0 Å². The smallest absolute Gasteiger partial charge is 0.207 e. The van der Waals surface area contributed by atoms with Crippen molar-refractivity contribution in [2.45, 2.75) is 49.7 Å². The lowest BCUT2D eigenvalue weighted by atomic mass is 9.85. The first-order chi connectivity index (χ1) is 10.1. The zero-order chi connectivity index (χ0) is 16.5. The summed E-state index contributed by atoms with van der Waals surface area (Å²) in [4.78, 5) is -0.359. The van der Waals surface area contributed by atoms with Crippen molar-refractivity contribution in [1.82, 2.24) is 4.72 Å². The Morgan fingerprint density at radius 2 is 1.82 bits per heavy atom. The Morgan fingerprint density at radius 1 is 1.18 bits per heavy atom. The van der Waals surface area contributed by atoms with Gasteiger partial charge in [-0.1, -0.05) is 18.9 Å². The van der Waals surface area contributed by atoms with Crippen LogP contribution in [0.25, 0.3) is 0 Å². The average Bonchev–Trinajstić information content (AvgIpc) is 2.40. The van der Waals surface area contributed by atoms with E-state index in [1.807, 2.05) is 0 Å². The molecule has 3 nitrogen and oxygen atoms in total. The molecule has 1 N–H and O–H groups in total. The Morgan fingerprint density at radius 3 is 2.41 bits per heavy atom. The lowest BCUT2D eigenvalue weighted by Crippen LogP contribution is -2.47. The largest absolute Gasteiger partial charge is 0.393 e. The van der Waals surface area contributed by atoms with Crippen LogP contribution in [-0.2, 0) is 10.0 Å². The third-order valence-corrected chi connectivity index (χ3v) is 5.43. The second kappa shape index (κ2) is 6.16. The number of nitrogens with one attached hydrogen (secondary N) is 1. The van der Waals surface area contributed by atoms with Gasteiger partial charge in [0.05, 0.1) is 10.8 Å². The molecule has 1 aliphatic rings. The predicted octanol–water partition coefficient (Wildman–Crippen LogP) is 3.53. The Bertz CT molecular complexity index is 643. The minimum Gasteiger partial charge on any atom is -0.207 e. The van der Waals surface area contributed by atoms with Gasteiger partial charge in [-0.25, -0.2) is 17.5 Å². The number of benzene rings is 1. The van der Waals surface area contributed by atoms with Crippen LogP contribution in [0, 0.1) is 18.7 Å². The van der Waals surface area contributed by atoms with E-state index in [1.165, 1.54) is 19.1 Å². The van der Waals surface area contributed by atoms with Crippen molar-refractivity contribution in [1.29, 1.82) is 0 Å². The summed E-state index contributed by atoms with van der Waals surface area (Å²) in [6, 6.07) is 2.09. The van der Waals surface area contributed by atoms with Crippen molar-refractivity contribution in [3.05, 3.63) is 29.6 Å². The van der Waals surface area contributed by atoms with Crippen LogP contribution in [0.4, 0.5) is 17.6 Å². The second-order valence-electron chi connectivity index (χ2n) is 5.57. The van der Waals surface area contributed by atoms with Gasteiger partial charge in [-0.05, 0) is 37.5 Å². The number of sulfonamides is 1. The summed E-state index contributed by atoms with van der Waals surface area (Å²) in [5.41, 5.74) is 0.268. The first-order valence-corrected chi connectivity index (χ1v) is 8.45. The van der Waals surface area contributed by atoms with E-state index in [4.69, 9.17) is 0 Å². The van der Waals surface area contributed by atoms with Gasteiger partial charge in [0, 0.05) is 6.04 Å². The summed E-state index contributed by atoms with van der Waals surface area (Å²) in [5, 5.41) is 0. The quantitative estimate of drug-likeness (QED) is 0.857. The number of halogens is 4. The number of hydrogen-bond donors (Lipinski definition) is 1. The molecule has 0 aromatic heterocycles. The molecule has 1 fully saturated rings. The summed E-state index contributed by atoms with van der Waals surface area (Å²) in [7, 11) is -4.18. The van der Waals surface area contributed by atoms with Gasteiger partial charge >= 0.3 is 6.18 Å². The van der Waals surface area contributed by atoms with Crippen molar-refractivity contribution < 1.29 is 26.0 Å². The molecule has 0 radical (unpaired) electrons. The molecule has 0 spiro atoms. The molecule has 0 bridgehead atoms. The molecule has 0 saturated heterocycles. The van der Waals surface area contributed by atoms with Gasteiger partial charge in [0.2, 0.25) is 10.0 Å². The summed E-state index contributed by atoms with van der Waals surface area (Å²) in [5.74, 6) is -2.41. The third kappa shape index (κ3) is 3.78. The van der Waals surface area contributed by atoms with Crippen LogP contribution in [0.15, 0.2) is 23.1 Å². The van der Waals surface area contributed by atoms with Crippen LogP contribution in [0.5, 0.6) is 0 Å². The maximum Gasteiger partial charge on any atom is 0.393 e. The Balaban J connectivity index is 2.24. The fourth-order valence-electron chi connectivity index (χ4n) is 2.67. The molecule has 22 heavy (non-hydrogen) atoms. The van der Waals surface area contributed by atoms with Crippen LogP contribution in [0.3, 0.4) is 0 Å². The van der Waals surface area contributed by atoms with E-state index in [0.717, 1.165) is 6.07 Å². The maximum absolute atomic E-state index is 13.5. The molecule has 1 aromatic rings. The predicted molar refractivity (Wildman–Crippen MR) is 73.3 cm³/mol. The second-order valence-corrected chi connectivity index (χ2v) is 7.29. The molecule has 0 unspecified atom stereocenters. The molecular weight excluding hydrogens is 322 g/mol. The molecule has 8 heteroatoms. The van der Waals surface area contributed by atoms with Crippen molar-refractivity contribution in [3.8, 4) is 0 Å². The van der Waals surface area contributed by atoms with Gasteiger partial charge in [-0.2, -0.15) is 13.2 Å². The van der Waals surface area contributed by atoms with E-state index in [0.29, 0.717) is 12.8 Å². The first kappa shape index (κ1) is 17.2. The Kier molecular flexibility index (Phi) is 4.81. The van der Waals surface area contributed by atoms with Crippen LogP contribution in [0.2, 0.25) is 0 Å². The van der Waals surface area contributed by atoms with Crippen molar-refractivity contribution in [3.63, 3.8) is 0 Å². The molecule has 2 rings (SSSR count). The van der Waals surface area contributed by atoms with Gasteiger partial charge in [-0.3, -0.25) is 0 Å². The van der Waals surface area contributed by atoms with Crippen molar-refractivity contribution in [2.24, 2.45) is 5.92 Å². The molecule has 0 heterocycles. The van der Waals surface area contributed by atoms with Gasteiger partial charge in [0.1, 0.15) is 5.82 Å². The van der Waals surface area contributed by atoms with E-state index >= 15 is 0 Å². The monoisotopic (exact) mass is 339 g/mol. The molecule has 0 amide bonds. The highest BCUT2D eigenvalue weighted by Gasteiger charge is 2.46. The molecule has 0 aliphatic heterocycles. The fraction of sp³-hybridized carbons (Fsp3) is 0.571. The zero-order valence-electron chi connectivity index (χ0n) is 12.0. The van der Waals surface area contributed by atoms with Crippen LogP contribution in [-0.4, -0.2) is 20.6 Å².